The van der Waals surface area contributed by atoms with Gasteiger partial charge < -0.3 is 10.4 Å². The number of thioether (sulfide) groups is 1. The zero-order chi connectivity index (χ0) is 15.9. The van der Waals surface area contributed by atoms with Crippen molar-refractivity contribution in [3.05, 3.63) is 45.3 Å². The monoisotopic (exact) mass is 336 g/mol. The molecule has 0 aliphatic carbocycles. The number of hydrogen-bond donors (Lipinski definition) is 2. The number of carbonyl (C=O) groups is 1. The third kappa shape index (κ3) is 4.56. The van der Waals surface area contributed by atoms with Crippen LogP contribution < -0.4 is 5.32 Å². The Morgan fingerprint density at radius 1 is 1.45 bits per heavy atom. The number of carbonyl (C=O) groups excluding carboxylic acids is 1. The molecule has 0 aliphatic rings. The number of pyridine rings is 1. The van der Waals surface area contributed by atoms with Crippen molar-refractivity contribution in [1.29, 1.82) is 0 Å². The highest BCUT2D eigenvalue weighted by molar-refractivity contribution is 7.98. The number of aliphatic hydroxyl groups excluding tert-OH is 1. The first-order chi connectivity index (χ1) is 10.6. The topological polar surface area (TPSA) is 62.2 Å². The van der Waals surface area contributed by atoms with Crippen molar-refractivity contribution in [2.75, 3.05) is 17.7 Å². The summed E-state index contributed by atoms with van der Waals surface area (Å²) in [7, 11) is 0. The molecule has 22 heavy (non-hydrogen) atoms. The average Bonchev–Trinajstić information content (AvgIpc) is 2.89. The third-order valence-corrected chi connectivity index (χ3v) is 5.52. The predicted molar refractivity (Wildman–Crippen MR) is 93.9 cm³/mol. The highest BCUT2D eigenvalue weighted by Crippen LogP contribution is 2.23. The van der Waals surface area contributed by atoms with Gasteiger partial charge in [-0.3, -0.25) is 4.79 Å². The van der Waals surface area contributed by atoms with Gasteiger partial charge >= 0.3 is 0 Å². The summed E-state index contributed by atoms with van der Waals surface area (Å²) in [6.45, 7) is 4.30. The Bertz CT molecular complexity index is 641. The fourth-order valence-corrected chi connectivity index (χ4v) is 3.75. The summed E-state index contributed by atoms with van der Waals surface area (Å²) < 4.78 is 0. The van der Waals surface area contributed by atoms with Crippen molar-refractivity contribution in [2.45, 2.75) is 26.0 Å². The number of thiophene rings is 1. The summed E-state index contributed by atoms with van der Waals surface area (Å²) in [6.07, 6.45) is 2.64. The first-order valence-corrected chi connectivity index (χ1v) is 9.15. The van der Waals surface area contributed by atoms with Gasteiger partial charge in [0.2, 0.25) is 0 Å². The predicted octanol–water partition coefficient (Wildman–Crippen LogP) is 3.49. The molecule has 2 aromatic heterocycles. The minimum atomic E-state index is -0.111. The van der Waals surface area contributed by atoms with Gasteiger partial charge in [-0.1, -0.05) is 6.92 Å². The van der Waals surface area contributed by atoms with Crippen LogP contribution in [0.3, 0.4) is 0 Å². The van der Waals surface area contributed by atoms with E-state index in [0.29, 0.717) is 11.6 Å². The molecule has 0 fully saturated rings. The van der Waals surface area contributed by atoms with Crippen LogP contribution in [0, 0.1) is 6.92 Å². The van der Waals surface area contributed by atoms with E-state index in [-0.39, 0.29) is 12.5 Å². The molecule has 0 aliphatic heterocycles. The lowest BCUT2D eigenvalue weighted by atomic mass is 10.2. The smallest absolute Gasteiger partial charge is 0.266 e. The van der Waals surface area contributed by atoms with Gasteiger partial charge in [0.25, 0.3) is 5.91 Å². The van der Waals surface area contributed by atoms with E-state index < -0.39 is 0 Å². The van der Waals surface area contributed by atoms with E-state index in [1.54, 1.807) is 18.0 Å². The number of nitrogens with one attached hydrogen (secondary N) is 1. The molecule has 0 unspecified atom stereocenters. The van der Waals surface area contributed by atoms with Gasteiger partial charge in [0, 0.05) is 22.6 Å². The fraction of sp³-hybridized carbons (Fsp3) is 0.375. The van der Waals surface area contributed by atoms with E-state index in [9.17, 15) is 4.79 Å². The SMILES string of the molecule is CCc1sc(C(=O)Nc2cc(CSCCO)ccn2)cc1C. The second kappa shape index (κ2) is 8.31. The minimum Gasteiger partial charge on any atom is -0.396 e. The lowest BCUT2D eigenvalue weighted by molar-refractivity contribution is 0.103. The van der Waals surface area contributed by atoms with Gasteiger partial charge in [0.1, 0.15) is 5.82 Å². The van der Waals surface area contributed by atoms with Crippen LogP contribution in [-0.4, -0.2) is 28.4 Å². The molecule has 0 spiro atoms. The highest BCUT2D eigenvalue weighted by Gasteiger charge is 2.12. The molecule has 2 N–H and O–H groups in total. The molecule has 118 valence electrons. The van der Waals surface area contributed by atoms with Crippen LogP contribution in [0.1, 0.15) is 32.6 Å². The summed E-state index contributed by atoms with van der Waals surface area (Å²) >= 11 is 3.19. The molecule has 4 nitrogen and oxygen atoms in total. The molecular formula is C16H20N2O2S2. The van der Waals surface area contributed by atoms with Crippen LogP contribution in [0.25, 0.3) is 0 Å². The molecule has 2 heterocycles. The van der Waals surface area contributed by atoms with Crippen LogP contribution >= 0.6 is 23.1 Å². The van der Waals surface area contributed by atoms with Crippen LogP contribution in [0.5, 0.6) is 0 Å². The maximum atomic E-state index is 12.3. The molecule has 0 saturated heterocycles. The lowest BCUT2D eigenvalue weighted by Crippen LogP contribution is -2.11. The van der Waals surface area contributed by atoms with E-state index in [1.807, 2.05) is 25.1 Å². The number of amides is 1. The molecule has 1 amide bonds. The first-order valence-electron chi connectivity index (χ1n) is 7.18. The number of rotatable bonds is 7. The van der Waals surface area contributed by atoms with Gasteiger partial charge in [-0.25, -0.2) is 4.98 Å². The van der Waals surface area contributed by atoms with Crippen LogP contribution in [-0.2, 0) is 12.2 Å². The van der Waals surface area contributed by atoms with Gasteiger partial charge in [-0.05, 0) is 42.7 Å². The number of aryl methyl sites for hydroxylation is 2. The number of nitrogens with zero attached hydrogens (tertiary/aromatic N) is 1. The highest BCUT2D eigenvalue weighted by atomic mass is 32.2. The summed E-state index contributed by atoms with van der Waals surface area (Å²) in [5, 5.41) is 11.7. The largest absolute Gasteiger partial charge is 0.396 e. The van der Waals surface area contributed by atoms with Crippen molar-refractivity contribution >= 4 is 34.8 Å². The van der Waals surface area contributed by atoms with Gasteiger partial charge in [-0.15, -0.1) is 11.3 Å². The quantitative estimate of drug-likeness (QED) is 0.760. The standard InChI is InChI=1S/C16H20N2O2S2/c1-3-13-11(2)8-14(22-13)16(20)18-15-9-12(4-5-17-15)10-21-7-6-19/h4-5,8-9,19H,3,6-7,10H2,1-2H3,(H,17,18,20). The van der Waals surface area contributed by atoms with Crippen LogP contribution in [0.4, 0.5) is 5.82 Å². The Hall–Kier alpha value is -1.37. The molecule has 0 bridgehead atoms. The fourth-order valence-electron chi connectivity index (χ4n) is 2.05. The molecule has 2 aromatic rings. The van der Waals surface area contributed by atoms with E-state index in [4.69, 9.17) is 5.11 Å². The Labute approximate surface area is 139 Å². The maximum Gasteiger partial charge on any atom is 0.266 e. The Balaban J connectivity index is 2.03. The molecule has 0 saturated carbocycles. The molecule has 6 heteroatoms. The summed E-state index contributed by atoms with van der Waals surface area (Å²) in [5.74, 6) is 1.96. The molecule has 2 rings (SSSR count). The molecule has 0 atom stereocenters. The number of aromatic nitrogens is 1. The van der Waals surface area contributed by atoms with Crippen molar-refractivity contribution < 1.29 is 9.90 Å². The Kier molecular flexibility index (Phi) is 6.42. The minimum absolute atomic E-state index is 0.111. The van der Waals surface area contributed by atoms with Gasteiger partial charge in [-0.2, -0.15) is 11.8 Å². The molecular weight excluding hydrogens is 316 g/mol. The van der Waals surface area contributed by atoms with Crippen molar-refractivity contribution in [3.63, 3.8) is 0 Å². The summed E-state index contributed by atoms with van der Waals surface area (Å²) in [5.41, 5.74) is 2.25. The first kappa shape index (κ1) is 17.0. The zero-order valence-corrected chi connectivity index (χ0v) is 14.4. The molecule has 0 radical (unpaired) electrons. The van der Waals surface area contributed by atoms with E-state index in [2.05, 4.69) is 17.2 Å². The lowest BCUT2D eigenvalue weighted by Gasteiger charge is -2.05. The van der Waals surface area contributed by atoms with E-state index in [1.165, 1.54) is 21.8 Å². The van der Waals surface area contributed by atoms with Crippen LogP contribution in [0.2, 0.25) is 0 Å². The zero-order valence-electron chi connectivity index (χ0n) is 12.8. The second-order valence-corrected chi connectivity index (χ2v) is 7.09. The number of aliphatic hydroxyl groups is 1. The Morgan fingerprint density at radius 3 is 2.95 bits per heavy atom. The Morgan fingerprint density at radius 2 is 2.27 bits per heavy atom. The van der Waals surface area contributed by atoms with E-state index in [0.717, 1.165) is 22.6 Å². The van der Waals surface area contributed by atoms with Crippen molar-refractivity contribution in [1.82, 2.24) is 4.98 Å². The summed E-state index contributed by atoms with van der Waals surface area (Å²) in [6, 6.07) is 5.73. The average molecular weight is 336 g/mol. The van der Waals surface area contributed by atoms with Gasteiger partial charge in [0.15, 0.2) is 0 Å². The van der Waals surface area contributed by atoms with Crippen molar-refractivity contribution in [2.24, 2.45) is 0 Å². The summed E-state index contributed by atoms with van der Waals surface area (Å²) in [4.78, 5) is 18.4. The second-order valence-electron chi connectivity index (χ2n) is 4.85. The number of hydrogen-bond acceptors (Lipinski definition) is 5. The van der Waals surface area contributed by atoms with Crippen LogP contribution in [0.15, 0.2) is 24.4 Å². The normalized spacial score (nSPS) is 10.7. The molecule has 0 aromatic carbocycles. The van der Waals surface area contributed by atoms with Gasteiger partial charge in [0.05, 0.1) is 11.5 Å². The van der Waals surface area contributed by atoms with Crippen molar-refractivity contribution in [3.8, 4) is 0 Å². The number of anilines is 1. The third-order valence-electron chi connectivity index (χ3n) is 3.14. The van der Waals surface area contributed by atoms with E-state index >= 15 is 0 Å². The maximum absolute atomic E-state index is 12.3.